The second-order valence-electron chi connectivity index (χ2n) is 6.30. The van der Waals surface area contributed by atoms with Gasteiger partial charge in [0.1, 0.15) is 17.5 Å². The number of halogens is 2. The Kier molecular flexibility index (Phi) is 4.86. The third-order valence-electron chi connectivity index (χ3n) is 3.28. The standard InChI is InChI=1S/C14H21F2N5O2/c1-14(2,3)23-13(22)21-7-6-20(8-9(21)11(15)16)12-18-5-4-10(17)19-12/h4-5,9,11H,6-8H2,1-3H3,(H2,17,18,19)/t9-/m1/s1. The van der Waals surface area contributed by atoms with Crippen molar-refractivity contribution >= 4 is 17.9 Å². The highest BCUT2D eigenvalue weighted by Crippen LogP contribution is 2.22. The van der Waals surface area contributed by atoms with E-state index in [0.717, 1.165) is 4.90 Å². The van der Waals surface area contributed by atoms with E-state index in [1.54, 1.807) is 25.7 Å². The van der Waals surface area contributed by atoms with Crippen molar-refractivity contribution < 1.29 is 18.3 Å². The zero-order valence-corrected chi connectivity index (χ0v) is 13.4. The Balaban J connectivity index is 2.13. The van der Waals surface area contributed by atoms with Crippen LogP contribution >= 0.6 is 0 Å². The number of aromatic nitrogens is 2. The molecule has 2 heterocycles. The van der Waals surface area contributed by atoms with Crippen molar-refractivity contribution in [2.45, 2.75) is 38.8 Å². The van der Waals surface area contributed by atoms with Crippen molar-refractivity contribution in [3.05, 3.63) is 12.3 Å². The zero-order chi connectivity index (χ0) is 17.2. The summed E-state index contributed by atoms with van der Waals surface area (Å²) >= 11 is 0. The van der Waals surface area contributed by atoms with Gasteiger partial charge in [0.15, 0.2) is 0 Å². The molecule has 7 nitrogen and oxygen atoms in total. The van der Waals surface area contributed by atoms with Crippen LogP contribution in [0.2, 0.25) is 0 Å². The number of ether oxygens (including phenoxy) is 1. The fraction of sp³-hybridized carbons (Fsp3) is 0.643. The monoisotopic (exact) mass is 329 g/mol. The maximum absolute atomic E-state index is 13.4. The highest BCUT2D eigenvalue weighted by atomic mass is 19.3. The summed E-state index contributed by atoms with van der Waals surface area (Å²) in [5.74, 6) is 0.539. The van der Waals surface area contributed by atoms with Crippen LogP contribution in [0.5, 0.6) is 0 Å². The second-order valence-corrected chi connectivity index (χ2v) is 6.30. The summed E-state index contributed by atoms with van der Waals surface area (Å²) in [6.07, 6.45) is -1.97. The number of carbonyl (C=O) groups excluding carboxylic acids is 1. The lowest BCUT2D eigenvalue weighted by Crippen LogP contribution is -2.59. The van der Waals surface area contributed by atoms with Gasteiger partial charge in [0.2, 0.25) is 5.95 Å². The first-order valence-corrected chi connectivity index (χ1v) is 7.28. The van der Waals surface area contributed by atoms with Crippen molar-refractivity contribution in [2.24, 2.45) is 0 Å². The number of hydrogen-bond acceptors (Lipinski definition) is 6. The van der Waals surface area contributed by atoms with Crippen LogP contribution in [0.4, 0.5) is 25.3 Å². The number of amides is 1. The molecule has 2 N–H and O–H groups in total. The van der Waals surface area contributed by atoms with Gasteiger partial charge in [-0.2, -0.15) is 4.98 Å². The molecule has 0 unspecified atom stereocenters. The van der Waals surface area contributed by atoms with Gasteiger partial charge in [0.05, 0.1) is 0 Å². The van der Waals surface area contributed by atoms with E-state index >= 15 is 0 Å². The van der Waals surface area contributed by atoms with Crippen LogP contribution in [0.1, 0.15) is 20.8 Å². The minimum Gasteiger partial charge on any atom is -0.444 e. The minimum atomic E-state index is -2.70. The van der Waals surface area contributed by atoms with Crippen molar-refractivity contribution in [1.82, 2.24) is 14.9 Å². The van der Waals surface area contributed by atoms with E-state index in [1.807, 2.05) is 0 Å². The molecule has 0 bridgehead atoms. The average molecular weight is 329 g/mol. The fourth-order valence-corrected chi connectivity index (χ4v) is 2.27. The van der Waals surface area contributed by atoms with Crippen molar-refractivity contribution in [3.8, 4) is 0 Å². The number of nitrogen functional groups attached to an aromatic ring is 1. The highest BCUT2D eigenvalue weighted by molar-refractivity contribution is 5.69. The number of carbonyl (C=O) groups is 1. The first-order chi connectivity index (χ1) is 10.7. The van der Waals surface area contributed by atoms with E-state index in [9.17, 15) is 13.6 Å². The maximum Gasteiger partial charge on any atom is 0.410 e. The lowest BCUT2D eigenvalue weighted by atomic mass is 10.1. The number of nitrogens with two attached hydrogens (primary N) is 1. The highest BCUT2D eigenvalue weighted by Gasteiger charge is 2.39. The Bertz CT molecular complexity index is 564. The smallest absolute Gasteiger partial charge is 0.410 e. The number of hydrogen-bond donors (Lipinski definition) is 1. The molecular formula is C14H21F2N5O2. The van der Waals surface area contributed by atoms with Gasteiger partial charge >= 0.3 is 6.09 Å². The van der Waals surface area contributed by atoms with Gasteiger partial charge in [-0.15, -0.1) is 0 Å². The molecule has 0 radical (unpaired) electrons. The molecule has 23 heavy (non-hydrogen) atoms. The van der Waals surface area contributed by atoms with Crippen LogP contribution in [0, 0.1) is 0 Å². The number of alkyl halides is 2. The molecule has 1 aromatic heterocycles. The molecule has 0 spiro atoms. The van der Waals surface area contributed by atoms with Gasteiger partial charge in [-0.3, -0.25) is 4.90 Å². The number of piperazine rings is 1. The van der Waals surface area contributed by atoms with Crippen molar-refractivity contribution in [3.63, 3.8) is 0 Å². The molecular weight excluding hydrogens is 308 g/mol. The van der Waals surface area contributed by atoms with Gasteiger partial charge < -0.3 is 15.4 Å². The Hall–Kier alpha value is -2.19. The largest absolute Gasteiger partial charge is 0.444 e. The quantitative estimate of drug-likeness (QED) is 0.890. The lowest BCUT2D eigenvalue weighted by Gasteiger charge is -2.41. The van der Waals surface area contributed by atoms with Gasteiger partial charge in [-0.25, -0.2) is 18.6 Å². The topological polar surface area (TPSA) is 84.6 Å². The predicted molar refractivity (Wildman–Crippen MR) is 81.4 cm³/mol. The van der Waals surface area contributed by atoms with Crippen LogP contribution < -0.4 is 10.6 Å². The first kappa shape index (κ1) is 17.2. The molecule has 1 fully saturated rings. The summed E-state index contributed by atoms with van der Waals surface area (Å²) in [7, 11) is 0. The van der Waals surface area contributed by atoms with E-state index in [2.05, 4.69) is 9.97 Å². The van der Waals surface area contributed by atoms with Crippen LogP contribution in [-0.2, 0) is 4.74 Å². The molecule has 9 heteroatoms. The van der Waals surface area contributed by atoms with Crippen LogP contribution in [-0.4, -0.2) is 58.7 Å². The summed E-state index contributed by atoms with van der Waals surface area (Å²) < 4.78 is 32.0. The number of rotatable bonds is 2. The van der Waals surface area contributed by atoms with E-state index in [-0.39, 0.29) is 24.9 Å². The van der Waals surface area contributed by atoms with Crippen LogP contribution in [0.15, 0.2) is 12.3 Å². The molecule has 1 atom stereocenters. The van der Waals surface area contributed by atoms with Gasteiger partial charge in [-0.1, -0.05) is 0 Å². The predicted octanol–water partition coefficient (Wildman–Crippen LogP) is 1.75. The Morgan fingerprint density at radius 2 is 2.13 bits per heavy atom. The Morgan fingerprint density at radius 3 is 2.70 bits per heavy atom. The van der Waals surface area contributed by atoms with Crippen molar-refractivity contribution in [2.75, 3.05) is 30.3 Å². The van der Waals surface area contributed by atoms with Gasteiger partial charge in [0, 0.05) is 25.8 Å². The van der Waals surface area contributed by atoms with Crippen molar-refractivity contribution in [1.29, 1.82) is 0 Å². The number of anilines is 2. The molecule has 0 saturated carbocycles. The lowest BCUT2D eigenvalue weighted by molar-refractivity contribution is -0.0180. The molecule has 2 rings (SSSR count). The van der Waals surface area contributed by atoms with Crippen LogP contribution in [0.3, 0.4) is 0 Å². The van der Waals surface area contributed by atoms with Gasteiger partial charge in [0.25, 0.3) is 6.43 Å². The molecule has 1 aliphatic rings. The summed E-state index contributed by atoms with van der Waals surface area (Å²) in [5.41, 5.74) is 4.86. The first-order valence-electron chi connectivity index (χ1n) is 7.28. The summed E-state index contributed by atoms with van der Waals surface area (Å²) in [6.45, 7) is 5.42. The molecule has 1 aliphatic heterocycles. The van der Waals surface area contributed by atoms with E-state index in [4.69, 9.17) is 10.5 Å². The van der Waals surface area contributed by atoms with E-state index in [1.165, 1.54) is 12.3 Å². The molecule has 0 aromatic carbocycles. The summed E-state index contributed by atoms with van der Waals surface area (Å²) in [5, 5.41) is 0. The molecule has 1 saturated heterocycles. The average Bonchev–Trinajstić information content (AvgIpc) is 2.44. The molecule has 128 valence electrons. The normalized spacial score (nSPS) is 19.1. The molecule has 1 amide bonds. The summed E-state index contributed by atoms with van der Waals surface area (Å²) in [4.78, 5) is 22.9. The maximum atomic E-state index is 13.4. The van der Waals surface area contributed by atoms with E-state index < -0.39 is 24.2 Å². The fourth-order valence-electron chi connectivity index (χ4n) is 2.27. The Morgan fingerprint density at radius 1 is 1.43 bits per heavy atom. The van der Waals surface area contributed by atoms with E-state index in [0.29, 0.717) is 6.54 Å². The SMILES string of the molecule is CC(C)(C)OC(=O)N1CCN(c2nccc(N)n2)C[C@@H]1C(F)F. The third kappa shape index (κ3) is 4.40. The molecule has 0 aliphatic carbocycles. The third-order valence-corrected chi connectivity index (χ3v) is 3.28. The number of nitrogens with zero attached hydrogens (tertiary/aromatic N) is 4. The van der Waals surface area contributed by atoms with Gasteiger partial charge in [-0.05, 0) is 26.8 Å². The van der Waals surface area contributed by atoms with Crippen LogP contribution in [0.25, 0.3) is 0 Å². The molecule has 1 aromatic rings. The minimum absolute atomic E-state index is 0.0830. The second kappa shape index (κ2) is 6.51. The zero-order valence-electron chi connectivity index (χ0n) is 13.4. The Labute approximate surface area is 133 Å². The summed E-state index contributed by atoms with van der Waals surface area (Å²) in [6, 6.07) is 0.231.